The first kappa shape index (κ1) is 19.9. The molecular weight excluding hydrogens is 328 g/mol. The largest absolute Gasteiger partial charge is 0.508 e. The highest BCUT2D eigenvalue weighted by atomic mass is 16.7. The van der Waals surface area contributed by atoms with E-state index in [0.29, 0.717) is 0 Å². The van der Waals surface area contributed by atoms with E-state index in [0.717, 1.165) is 20.1 Å². The summed E-state index contributed by atoms with van der Waals surface area (Å²) in [5, 5.41) is 0. The molecule has 0 atom stereocenters. The molecule has 2 aromatic carbocycles. The van der Waals surface area contributed by atoms with Crippen molar-refractivity contribution in [3.8, 4) is 0 Å². The zero-order chi connectivity index (χ0) is 19.4. The number of carbonyl (C=O) groups excluding carboxylic acids is 1. The predicted octanol–water partition coefficient (Wildman–Crippen LogP) is 3.93. The van der Waals surface area contributed by atoms with Gasteiger partial charge in [0.1, 0.15) is 24.6 Å². The number of rotatable bonds is 6. The second-order valence-corrected chi connectivity index (χ2v) is 8.19. The SMILES string of the molecule is C[N+](C)(C)c1ccc(COC(=O)OCc2ccc([N+](C)(C)C)cc2)cc1. The van der Waals surface area contributed by atoms with Crippen LogP contribution in [0, 0.1) is 0 Å². The second kappa shape index (κ2) is 7.89. The van der Waals surface area contributed by atoms with Gasteiger partial charge >= 0.3 is 6.16 Å². The Labute approximate surface area is 156 Å². The molecule has 26 heavy (non-hydrogen) atoms. The highest BCUT2D eigenvalue weighted by Crippen LogP contribution is 2.19. The number of hydrogen-bond acceptors (Lipinski definition) is 3. The van der Waals surface area contributed by atoms with Crippen molar-refractivity contribution >= 4 is 17.5 Å². The van der Waals surface area contributed by atoms with Crippen molar-refractivity contribution in [1.82, 2.24) is 8.97 Å². The molecular formula is C21H30N2O3+2. The van der Waals surface area contributed by atoms with Gasteiger partial charge in [-0.1, -0.05) is 0 Å². The van der Waals surface area contributed by atoms with Crippen LogP contribution in [-0.2, 0) is 22.7 Å². The van der Waals surface area contributed by atoms with Crippen molar-refractivity contribution in [2.45, 2.75) is 13.2 Å². The smallest absolute Gasteiger partial charge is 0.429 e. The zero-order valence-corrected chi connectivity index (χ0v) is 16.7. The Hall–Kier alpha value is -2.37. The molecule has 0 amide bonds. The summed E-state index contributed by atoms with van der Waals surface area (Å²) in [4.78, 5) is 11.8. The van der Waals surface area contributed by atoms with Crippen molar-refractivity contribution in [3.63, 3.8) is 0 Å². The normalized spacial score (nSPS) is 11.9. The minimum atomic E-state index is -0.656. The lowest BCUT2D eigenvalue weighted by atomic mass is 10.2. The van der Waals surface area contributed by atoms with E-state index in [9.17, 15) is 4.79 Å². The summed E-state index contributed by atoms with van der Waals surface area (Å²) in [7, 11) is 12.6. The standard InChI is InChI=1S/C21H30N2O3/c1-22(2,3)19-11-7-17(8-12-19)15-25-21(24)26-16-18-9-13-20(14-10-18)23(4,5)6/h7-14H,15-16H2,1-6H3/q+2. The van der Waals surface area contributed by atoms with Crippen molar-refractivity contribution in [1.29, 1.82) is 0 Å². The topological polar surface area (TPSA) is 35.5 Å². The maximum absolute atomic E-state index is 11.8. The van der Waals surface area contributed by atoms with E-state index in [4.69, 9.17) is 9.47 Å². The molecule has 0 saturated heterocycles. The molecule has 5 heteroatoms. The van der Waals surface area contributed by atoms with Gasteiger partial charge in [-0.3, -0.25) is 8.97 Å². The molecule has 2 aromatic rings. The van der Waals surface area contributed by atoms with Crippen molar-refractivity contribution in [3.05, 3.63) is 59.7 Å². The van der Waals surface area contributed by atoms with Crippen LogP contribution in [-0.4, -0.2) is 48.4 Å². The molecule has 0 spiro atoms. The Morgan fingerprint density at radius 2 is 0.962 bits per heavy atom. The molecule has 0 heterocycles. The molecule has 0 bridgehead atoms. The Kier molecular flexibility index (Phi) is 6.05. The molecule has 5 nitrogen and oxygen atoms in total. The van der Waals surface area contributed by atoms with E-state index in [1.165, 1.54) is 11.4 Å². The summed E-state index contributed by atoms with van der Waals surface area (Å²) >= 11 is 0. The number of benzene rings is 2. The van der Waals surface area contributed by atoms with Gasteiger partial charge in [-0.25, -0.2) is 4.79 Å². The molecule has 0 saturated carbocycles. The third-order valence-electron chi connectivity index (χ3n) is 4.14. The molecule has 0 radical (unpaired) electrons. The van der Waals surface area contributed by atoms with Crippen LogP contribution >= 0.6 is 0 Å². The van der Waals surface area contributed by atoms with Gasteiger partial charge in [0.25, 0.3) is 0 Å². The van der Waals surface area contributed by atoms with E-state index in [-0.39, 0.29) is 13.2 Å². The van der Waals surface area contributed by atoms with Gasteiger partial charge in [-0.2, -0.15) is 0 Å². The van der Waals surface area contributed by atoms with Gasteiger partial charge in [-0.15, -0.1) is 0 Å². The number of hydrogen-bond donors (Lipinski definition) is 0. The van der Waals surface area contributed by atoms with Gasteiger partial charge in [0.15, 0.2) is 0 Å². The van der Waals surface area contributed by atoms with E-state index >= 15 is 0 Å². The molecule has 0 aliphatic rings. The molecule has 0 aliphatic heterocycles. The van der Waals surface area contributed by atoms with Crippen molar-refractivity contribution in [2.24, 2.45) is 0 Å². The monoisotopic (exact) mass is 358 g/mol. The minimum Gasteiger partial charge on any atom is -0.429 e. The third-order valence-corrected chi connectivity index (χ3v) is 4.14. The lowest BCUT2D eigenvalue weighted by Gasteiger charge is -2.23. The van der Waals surface area contributed by atoms with Crippen molar-refractivity contribution in [2.75, 3.05) is 42.3 Å². The lowest BCUT2D eigenvalue weighted by Crippen LogP contribution is -2.34. The molecule has 0 aromatic heterocycles. The maximum Gasteiger partial charge on any atom is 0.508 e. The summed E-state index contributed by atoms with van der Waals surface area (Å²) in [6.45, 7) is 0.410. The third kappa shape index (κ3) is 5.86. The molecule has 0 aliphatic carbocycles. The first-order chi connectivity index (χ1) is 12.1. The first-order valence-corrected chi connectivity index (χ1v) is 8.67. The van der Waals surface area contributed by atoms with Crippen LogP contribution in [0.15, 0.2) is 48.5 Å². The summed E-state index contributed by atoms with van der Waals surface area (Å²) in [6, 6.07) is 16.0. The average Bonchev–Trinajstić information content (AvgIpc) is 2.57. The fraction of sp³-hybridized carbons (Fsp3) is 0.381. The number of carbonyl (C=O) groups is 1. The van der Waals surface area contributed by atoms with E-state index < -0.39 is 6.16 Å². The summed E-state index contributed by atoms with van der Waals surface area (Å²) in [5.41, 5.74) is 4.25. The van der Waals surface area contributed by atoms with Gasteiger partial charge < -0.3 is 9.47 Å². The minimum absolute atomic E-state index is 0.205. The quantitative estimate of drug-likeness (QED) is 0.580. The van der Waals surface area contributed by atoms with Crippen LogP contribution in [0.1, 0.15) is 11.1 Å². The number of ether oxygens (including phenoxy) is 2. The Morgan fingerprint density at radius 1 is 0.654 bits per heavy atom. The molecule has 0 unspecified atom stereocenters. The summed E-state index contributed by atoms with van der Waals surface area (Å²) < 4.78 is 11.9. The van der Waals surface area contributed by atoms with Gasteiger partial charge in [0.2, 0.25) is 0 Å². The van der Waals surface area contributed by atoms with Crippen LogP contribution in [0.3, 0.4) is 0 Å². The highest BCUT2D eigenvalue weighted by Gasteiger charge is 2.13. The maximum atomic E-state index is 11.8. The zero-order valence-electron chi connectivity index (χ0n) is 16.7. The van der Waals surface area contributed by atoms with Crippen molar-refractivity contribution < 1.29 is 14.3 Å². The number of nitrogens with zero attached hydrogens (tertiary/aromatic N) is 2. The Balaban J connectivity index is 1.80. The Bertz CT molecular complexity index is 660. The fourth-order valence-corrected chi connectivity index (χ4v) is 2.40. The summed E-state index contributed by atoms with van der Waals surface area (Å²) in [6.07, 6.45) is -0.656. The second-order valence-electron chi connectivity index (χ2n) is 8.19. The van der Waals surface area contributed by atoms with Crippen LogP contribution in [0.25, 0.3) is 0 Å². The highest BCUT2D eigenvalue weighted by molar-refractivity contribution is 5.60. The predicted molar refractivity (Wildman–Crippen MR) is 107 cm³/mol. The van der Waals surface area contributed by atoms with E-state index in [2.05, 4.69) is 42.3 Å². The van der Waals surface area contributed by atoms with Gasteiger partial charge in [0.05, 0.1) is 42.3 Å². The molecule has 0 fully saturated rings. The summed E-state index contributed by atoms with van der Waals surface area (Å²) in [5.74, 6) is 0. The molecule has 0 N–H and O–H groups in total. The van der Waals surface area contributed by atoms with E-state index in [1.807, 2.05) is 48.5 Å². The fourth-order valence-electron chi connectivity index (χ4n) is 2.40. The molecule has 140 valence electrons. The van der Waals surface area contributed by atoms with Gasteiger partial charge in [0, 0.05) is 0 Å². The molecule has 2 rings (SSSR count). The number of quaternary nitrogens is 2. The first-order valence-electron chi connectivity index (χ1n) is 8.67. The Morgan fingerprint density at radius 3 is 1.23 bits per heavy atom. The van der Waals surface area contributed by atoms with Crippen LogP contribution in [0.5, 0.6) is 0 Å². The average molecular weight is 358 g/mol. The van der Waals surface area contributed by atoms with Crippen LogP contribution in [0.4, 0.5) is 16.2 Å². The van der Waals surface area contributed by atoms with Crippen LogP contribution < -0.4 is 8.97 Å². The van der Waals surface area contributed by atoms with Crippen LogP contribution in [0.2, 0.25) is 0 Å². The van der Waals surface area contributed by atoms with E-state index in [1.54, 1.807) is 0 Å². The van der Waals surface area contributed by atoms with Gasteiger partial charge in [-0.05, 0) is 59.7 Å². The lowest BCUT2D eigenvalue weighted by molar-refractivity contribution is 0.0446.